The molecule has 3 aliphatic rings. The second-order valence-corrected chi connectivity index (χ2v) is 12.2. The molecule has 0 radical (unpaired) electrons. The van der Waals surface area contributed by atoms with Crippen LogP contribution in [0.4, 0.5) is 0 Å². The lowest BCUT2D eigenvalue weighted by Crippen LogP contribution is -2.52. The molecule has 45 heavy (non-hydrogen) atoms. The van der Waals surface area contributed by atoms with E-state index in [2.05, 4.69) is 15.4 Å². The van der Waals surface area contributed by atoms with E-state index in [1.165, 1.54) is 0 Å². The zero-order valence-corrected chi connectivity index (χ0v) is 25.0. The minimum atomic E-state index is -0.607. The van der Waals surface area contributed by atoms with E-state index in [0.717, 1.165) is 65.5 Å². The number of hydrogen-bond acceptors (Lipinski definition) is 7. The first-order chi connectivity index (χ1) is 21.9. The molecule has 1 N–H and O–H groups in total. The average molecular weight is 606 g/mol. The van der Waals surface area contributed by atoms with Gasteiger partial charge in [-0.3, -0.25) is 34.2 Å². The molecule has 3 aliphatic heterocycles. The van der Waals surface area contributed by atoms with Crippen molar-refractivity contribution in [1.29, 1.82) is 0 Å². The Labute approximate surface area is 260 Å². The van der Waals surface area contributed by atoms with Crippen LogP contribution in [0.3, 0.4) is 0 Å². The van der Waals surface area contributed by atoms with E-state index < -0.39 is 11.9 Å². The third-order valence-corrected chi connectivity index (χ3v) is 9.24. The number of amides is 4. The second-order valence-electron chi connectivity index (χ2n) is 12.2. The van der Waals surface area contributed by atoms with Gasteiger partial charge in [-0.2, -0.15) is 5.10 Å². The minimum Gasteiger partial charge on any atom is -0.343 e. The van der Waals surface area contributed by atoms with Gasteiger partial charge in [0, 0.05) is 49.8 Å². The highest BCUT2D eigenvalue weighted by Gasteiger charge is 2.39. The third-order valence-electron chi connectivity index (χ3n) is 9.24. The standard InChI is InChI=1S/C34H35N7O4/c42-31-12-11-30(33(44)38-31)40-20-23-10-9-22(17-26(23)34(40)45)5-1-4-8-32(43)39-15-13-25(14-16-39)41-21-24(18-36-41)29-19-35-27-6-2-3-7-28(27)37-29/h2-3,6-7,9-10,17-19,21,25,30H,1,4-5,8,11-16,20H2,(H,38,42,44). The van der Waals surface area contributed by atoms with Crippen molar-refractivity contribution in [3.05, 3.63) is 77.7 Å². The van der Waals surface area contributed by atoms with Crippen molar-refractivity contribution >= 4 is 34.7 Å². The van der Waals surface area contributed by atoms with Gasteiger partial charge in [0.1, 0.15) is 6.04 Å². The summed E-state index contributed by atoms with van der Waals surface area (Å²) >= 11 is 0. The highest BCUT2D eigenvalue weighted by Crippen LogP contribution is 2.29. The monoisotopic (exact) mass is 605 g/mol. The summed E-state index contributed by atoms with van der Waals surface area (Å²) in [4.78, 5) is 62.6. The van der Waals surface area contributed by atoms with Gasteiger partial charge in [-0.15, -0.1) is 0 Å². The quantitative estimate of drug-likeness (QED) is 0.239. The number of likely N-dealkylation sites (tertiary alicyclic amines) is 1. The van der Waals surface area contributed by atoms with E-state index in [9.17, 15) is 19.2 Å². The fourth-order valence-electron chi connectivity index (χ4n) is 6.67. The maximum Gasteiger partial charge on any atom is 0.255 e. The van der Waals surface area contributed by atoms with Gasteiger partial charge in [0.15, 0.2) is 0 Å². The van der Waals surface area contributed by atoms with Gasteiger partial charge in [0.2, 0.25) is 17.7 Å². The first kappa shape index (κ1) is 28.8. The number of piperidine rings is 2. The van der Waals surface area contributed by atoms with Crippen molar-refractivity contribution in [3.8, 4) is 11.3 Å². The Morgan fingerprint density at radius 1 is 0.956 bits per heavy atom. The fourth-order valence-corrected chi connectivity index (χ4v) is 6.67. The van der Waals surface area contributed by atoms with E-state index in [1.807, 2.05) is 64.4 Å². The van der Waals surface area contributed by atoms with E-state index >= 15 is 0 Å². The summed E-state index contributed by atoms with van der Waals surface area (Å²) in [5.41, 5.74) is 6.04. The van der Waals surface area contributed by atoms with Crippen molar-refractivity contribution in [3.63, 3.8) is 0 Å². The largest absolute Gasteiger partial charge is 0.343 e. The predicted octanol–water partition coefficient (Wildman–Crippen LogP) is 3.83. The number of rotatable bonds is 8. The van der Waals surface area contributed by atoms with E-state index in [1.54, 1.807) is 11.1 Å². The van der Waals surface area contributed by atoms with Crippen LogP contribution in [0, 0.1) is 0 Å². The van der Waals surface area contributed by atoms with Crippen LogP contribution in [0.5, 0.6) is 0 Å². The maximum absolute atomic E-state index is 13.1. The third kappa shape index (κ3) is 5.94. The van der Waals surface area contributed by atoms with Crippen LogP contribution < -0.4 is 5.32 Å². The van der Waals surface area contributed by atoms with Crippen molar-refractivity contribution in [2.24, 2.45) is 0 Å². The molecule has 230 valence electrons. The number of aromatic nitrogens is 4. The number of hydrogen-bond donors (Lipinski definition) is 1. The van der Waals surface area contributed by atoms with Crippen molar-refractivity contribution in [2.75, 3.05) is 13.1 Å². The maximum atomic E-state index is 13.1. The van der Waals surface area contributed by atoms with E-state index in [-0.39, 0.29) is 30.2 Å². The number of unbranched alkanes of at least 4 members (excludes halogenated alkanes) is 1. The molecule has 2 aromatic carbocycles. The Bertz CT molecular complexity index is 1790. The molecular weight excluding hydrogens is 570 g/mol. The molecular formula is C34H35N7O4. The van der Waals surface area contributed by atoms with Crippen LogP contribution >= 0.6 is 0 Å². The number of imide groups is 1. The molecule has 2 fully saturated rings. The van der Waals surface area contributed by atoms with E-state index in [4.69, 9.17) is 4.98 Å². The SMILES string of the molecule is O=C1CCC(N2Cc3ccc(CCCCC(=O)N4CCC(n5cc(-c6cnc7ccccc7n6)cn5)CC4)cc3C2=O)C(=O)N1. The zero-order valence-electron chi connectivity index (χ0n) is 25.0. The molecule has 11 heteroatoms. The molecule has 2 aromatic heterocycles. The number of carbonyl (C=O) groups is 4. The first-order valence-corrected chi connectivity index (χ1v) is 15.7. The predicted molar refractivity (Wildman–Crippen MR) is 166 cm³/mol. The fraction of sp³-hybridized carbons (Fsp3) is 0.382. The Morgan fingerprint density at radius 3 is 2.60 bits per heavy atom. The zero-order chi connectivity index (χ0) is 30.9. The highest BCUT2D eigenvalue weighted by molar-refractivity contribution is 6.05. The van der Waals surface area contributed by atoms with Crippen LogP contribution in [-0.4, -0.2) is 72.3 Å². The van der Waals surface area contributed by atoms with Gasteiger partial charge in [-0.1, -0.05) is 24.3 Å². The number of para-hydroxylation sites is 2. The Kier molecular flexibility index (Phi) is 7.83. The molecule has 0 saturated carbocycles. The molecule has 5 heterocycles. The van der Waals surface area contributed by atoms with Crippen LogP contribution in [-0.2, 0) is 27.3 Å². The molecule has 1 unspecified atom stereocenters. The highest BCUT2D eigenvalue weighted by atomic mass is 16.2. The summed E-state index contributed by atoms with van der Waals surface area (Å²) in [5, 5.41) is 6.95. The molecule has 0 bridgehead atoms. The van der Waals surface area contributed by atoms with Crippen LogP contribution in [0.2, 0.25) is 0 Å². The Balaban J connectivity index is 0.862. The summed E-state index contributed by atoms with van der Waals surface area (Å²) < 4.78 is 2.00. The molecule has 2 saturated heterocycles. The van der Waals surface area contributed by atoms with Crippen molar-refractivity contribution in [2.45, 2.75) is 70.0 Å². The molecule has 0 spiro atoms. The lowest BCUT2D eigenvalue weighted by molar-refractivity contribution is -0.137. The summed E-state index contributed by atoms with van der Waals surface area (Å²) in [5.74, 6) is -0.661. The summed E-state index contributed by atoms with van der Waals surface area (Å²) in [6.45, 7) is 1.81. The first-order valence-electron chi connectivity index (χ1n) is 15.7. The molecule has 7 rings (SSSR count). The smallest absolute Gasteiger partial charge is 0.255 e. The van der Waals surface area contributed by atoms with E-state index in [0.29, 0.717) is 38.0 Å². The van der Waals surface area contributed by atoms with Gasteiger partial charge in [0.25, 0.3) is 5.91 Å². The number of nitrogens with one attached hydrogen (secondary N) is 1. The second kappa shape index (κ2) is 12.2. The lowest BCUT2D eigenvalue weighted by atomic mass is 10.0. The van der Waals surface area contributed by atoms with Gasteiger partial charge in [-0.25, -0.2) is 4.98 Å². The topological polar surface area (TPSA) is 130 Å². The lowest BCUT2D eigenvalue weighted by Gasteiger charge is -2.32. The van der Waals surface area contributed by atoms with Gasteiger partial charge in [0.05, 0.1) is 35.2 Å². The molecule has 0 aliphatic carbocycles. The van der Waals surface area contributed by atoms with Gasteiger partial charge >= 0.3 is 0 Å². The van der Waals surface area contributed by atoms with Gasteiger partial charge < -0.3 is 9.80 Å². The summed E-state index contributed by atoms with van der Waals surface area (Å²) in [7, 11) is 0. The average Bonchev–Trinajstić information content (AvgIpc) is 3.68. The van der Waals surface area contributed by atoms with Crippen LogP contribution in [0.25, 0.3) is 22.3 Å². The number of aryl methyl sites for hydroxylation is 1. The molecule has 4 aromatic rings. The molecule has 1 atom stereocenters. The minimum absolute atomic E-state index is 0.159. The number of fused-ring (bicyclic) bond motifs is 2. The number of carbonyl (C=O) groups excluding carboxylic acids is 4. The van der Waals surface area contributed by atoms with Crippen molar-refractivity contribution in [1.82, 2.24) is 34.9 Å². The summed E-state index contributed by atoms with van der Waals surface area (Å²) in [6, 6.07) is 13.4. The Morgan fingerprint density at radius 2 is 1.78 bits per heavy atom. The normalized spacial score (nSPS) is 18.8. The summed E-state index contributed by atoms with van der Waals surface area (Å²) in [6.07, 6.45) is 10.9. The number of nitrogens with zero attached hydrogens (tertiary/aromatic N) is 6. The molecule has 11 nitrogen and oxygen atoms in total. The molecule has 4 amide bonds. The Hall–Kier alpha value is -4.93. The van der Waals surface area contributed by atoms with Gasteiger partial charge in [-0.05, 0) is 67.9 Å². The van der Waals surface area contributed by atoms with Crippen LogP contribution in [0.15, 0.2) is 61.1 Å². The van der Waals surface area contributed by atoms with Crippen molar-refractivity contribution < 1.29 is 19.2 Å². The van der Waals surface area contributed by atoms with Crippen LogP contribution in [0.1, 0.15) is 72.5 Å². The number of benzene rings is 2.